The van der Waals surface area contributed by atoms with Gasteiger partial charge in [0.25, 0.3) is 0 Å². The molecule has 0 saturated carbocycles. The van der Waals surface area contributed by atoms with Gasteiger partial charge < -0.3 is 0 Å². The van der Waals surface area contributed by atoms with E-state index in [0.29, 0.717) is 43.9 Å². The summed E-state index contributed by atoms with van der Waals surface area (Å²) in [5, 5.41) is 1.89. The molecule has 2 amide bonds. The number of rotatable bonds is 4. The number of piperazine rings is 1. The Balaban J connectivity index is 1.25. The first-order valence-corrected chi connectivity index (χ1v) is 12.1. The Morgan fingerprint density at radius 3 is 2.06 bits per heavy atom. The van der Waals surface area contributed by atoms with Crippen LogP contribution in [-0.4, -0.2) is 67.2 Å². The summed E-state index contributed by atoms with van der Waals surface area (Å²) < 4.78 is 27.8. The molecule has 2 fully saturated rings. The van der Waals surface area contributed by atoms with Gasteiger partial charge >= 0.3 is 0 Å². The van der Waals surface area contributed by atoms with E-state index in [1.807, 2.05) is 47.4 Å². The highest BCUT2D eigenvalue weighted by atomic mass is 32.2. The van der Waals surface area contributed by atoms with Gasteiger partial charge in [0.2, 0.25) is 21.8 Å². The van der Waals surface area contributed by atoms with Gasteiger partial charge in [-0.3, -0.25) is 19.4 Å². The molecular weight excluding hydrogens is 414 g/mol. The lowest BCUT2D eigenvalue weighted by atomic mass is 9.85. The van der Waals surface area contributed by atoms with E-state index in [1.54, 1.807) is 12.1 Å². The Kier molecular flexibility index (Phi) is 5.16. The zero-order valence-electron chi connectivity index (χ0n) is 17.2. The molecule has 7 nitrogen and oxygen atoms in total. The summed E-state index contributed by atoms with van der Waals surface area (Å²) >= 11 is 0. The van der Waals surface area contributed by atoms with Crippen molar-refractivity contribution in [2.75, 3.05) is 32.8 Å². The van der Waals surface area contributed by atoms with Gasteiger partial charge in [-0.2, -0.15) is 4.31 Å². The number of carbonyl (C=O) groups is 2. The molecule has 5 rings (SSSR count). The number of hydrogen-bond donors (Lipinski definition) is 0. The minimum absolute atomic E-state index is 0.0921. The molecule has 2 saturated heterocycles. The first kappa shape index (κ1) is 20.4. The van der Waals surface area contributed by atoms with Crippen LogP contribution < -0.4 is 0 Å². The van der Waals surface area contributed by atoms with Gasteiger partial charge in [0.1, 0.15) is 0 Å². The topological polar surface area (TPSA) is 78.0 Å². The zero-order chi connectivity index (χ0) is 21.6. The molecule has 0 radical (unpaired) electrons. The largest absolute Gasteiger partial charge is 0.283 e. The van der Waals surface area contributed by atoms with Crippen LogP contribution in [0.5, 0.6) is 0 Å². The van der Waals surface area contributed by atoms with Gasteiger partial charge in [0, 0.05) is 26.2 Å². The Bertz CT molecular complexity index is 1140. The minimum atomic E-state index is -3.59. The van der Waals surface area contributed by atoms with E-state index in [4.69, 9.17) is 0 Å². The van der Waals surface area contributed by atoms with Crippen LogP contribution in [0.1, 0.15) is 12.8 Å². The molecule has 8 heteroatoms. The molecule has 0 aromatic heterocycles. The van der Waals surface area contributed by atoms with Crippen LogP contribution in [0.25, 0.3) is 10.8 Å². The van der Waals surface area contributed by atoms with E-state index >= 15 is 0 Å². The van der Waals surface area contributed by atoms with Crippen molar-refractivity contribution in [1.29, 1.82) is 0 Å². The molecule has 0 N–H and O–H groups in total. The SMILES string of the molecule is O=C1[C@H]2CC=CC[C@H]2C(=O)N1CN1CCN(S(=O)(=O)c2ccc3ccccc3c2)CC1. The second-order valence-corrected chi connectivity index (χ2v) is 10.4. The molecule has 2 aromatic rings. The van der Waals surface area contributed by atoms with Gasteiger partial charge in [0.05, 0.1) is 23.4 Å². The summed E-state index contributed by atoms with van der Waals surface area (Å²) in [5.74, 6) is -0.643. The minimum Gasteiger partial charge on any atom is -0.283 e. The molecule has 2 heterocycles. The number of hydrogen-bond acceptors (Lipinski definition) is 5. The second-order valence-electron chi connectivity index (χ2n) is 8.43. The highest BCUT2D eigenvalue weighted by Gasteiger charge is 2.47. The number of carbonyl (C=O) groups excluding carboxylic acids is 2. The predicted molar refractivity (Wildman–Crippen MR) is 116 cm³/mol. The smallest absolute Gasteiger partial charge is 0.243 e. The van der Waals surface area contributed by atoms with Crippen LogP contribution in [0.2, 0.25) is 0 Å². The number of benzene rings is 2. The van der Waals surface area contributed by atoms with Gasteiger partial charge in [-0.1, -0.05) is 42.5 Å². The number of nitrogens with zero attached hydrogens (tertiary/aromatic N) is 3. The Labute approximate surface area is 182 Å². The van der Waals surface area contributed by atoms with Crippen LogP contribution >= 0.6 is 0 Å². The summed E-state index contributed by atoms with van der Waals surface area (Å²) in [4.78, 5) is 29.0. The standard InChI is InChI=1S/C23H25N3O4S/c27-22-20-7-3-4-8-21(20)23(28)26(22)16-24-11-13-25(14-12-24)31(29,30)19-10-9-17-5-1-2-6-18(17)15-19/h1-6,9-10,15,20-21H,7-8,11-14,16H2/t20-,21+. The molecule has 162 valence electrons. The number of likely N-dealkylation sites (tertiary alicyclic amines) is 1. The van der Waals surface area contributed by atoms with E-state index < -0.39 is 10.0 Å². The molecule has 2 aliphatic heterocycles. The van der Waals surface area contributed by atoms with Gasteiger partial charge in [-0.05, 0) is 35.7 Å². The number of imide groups is 1. The molecule has 0 unspecified atom stereocenters. The van der Waals surface area contributed by atoms with Gasteiger partial charge in [-0.25, -0.2) is 8.42 Å². The fourth-order valence-electron chi connectivity index (χ4n) is 4.80. The predicted octanol–water partition coefficient (Wildman–Crippen LogP) is 2.05. The van der Waals surface area contributed by atoms with Crippen LogP contribution in [0.4, 0.5) is 0 Å². The van der Waals surface area contributed by atoms with Crippen molar-refractivity contribution < 1.29 is 18.0 Å². The van der Waals surface area contributed by atoms with Crippen molar-refractivity contribution >= 4 is 32.6 Å². The van der Waals surface area contributed by atoms with Crippen LogP contribution in [0.15, 0.2) is 59.5 Å². The summed E-state index contributed by atoms with van der Waals surface area (Å²) in [5.41, 5.74) is 0. The first-order chi connectivity index (χ1) is 14.9. The van der Waals surface area contributed by atoms with Crippen molar-refractivity contribution in [2.24, 2.45) is 11.8 Å². The van der Waals surface area contributed by atoms with E-state index in [-0.39, 0.29) is 30.3 Å². The summed E-state index contributed by atoms with van der Waals surface area (Å²) in [6.45, 7) is 1.88. The van der Waals surface area contributed by atoms with E-state index in [9.17, 15) is 18.0 Å². The highest BCUT2D eigenvalue weighted by molar-refractivity contribution is 7.89. The highest BCUT2D eigenvalue weighted by Crippen LogP contribution is 2.35. The van der Waals surface area contributed by atoms with E-state index in [1.165, 1.54) is 9.21 Å². The van der Waals surface area contributed by atoms with Crippen molar-refractivity contribution in [1.82, 2.24) is 14.1 Å². The maximum Gasteiger partial charge on any atom is 0.243 e. The van der Waals surface area contributed by atoms with Crippen LogP contribution in [-0.2, 0) is 19.6 Å². The number of allylic oxidation sites excluding steroid dienone is 2. The van der Waals surface area contributed by atoms with Crippen LogP contribution in [0, 0.1) is 11.8 Å². The molecule has 2 aromatic carbocycles. The molecule has 3 aliphatic rings. The van der Waals surface area contributed by atoms with Crippen molar-refractivity contribution in [3.63, 3.8) is 0 Å². The van der Waals surface area contributed by atoms with Gasteiger partial charge in [-0.15, -0.1) is 0 Å². The zero-order valence-corrected chi connectivity index (χ0v) is 18.0. The number of amides is 2. The Hall–Kier alpha value is -2.55. The second kappa shape index (κ2) is 7.85. The Morgan fingerprint density at radius 1 is 0.806 bits per heavy atom. The fraction of sp³-hybridized carbons (Fsp3) is 0.391. The lowest BCUT2D eigenvalue weighted by Gasteiger charge is -2.35. The number of sulfonamides is 1. The third kappa shape index (κ3) is 3.58. The molecule has 0 spiro atoms. The molecule has 0 bridgehead atoms. The number of fused-ring (bicyclic) bond motifs is 2. The average Bonchev–Trinajstić information content (AvgIpc) is 3.04. The summed E-state index contributed by atoms with van der Waals surface area (Å²) in [7, 11) is -3.59. The summed E-state index contributed by atoms with van der Waals surface area (Å²) in [6.07, 6.45) is 5.21. The maximum atomic E-state index is 13.1. The monoisotopic (exact) mass is 439 g/mol. The molecule has 31 heavy (non-hydrogen) atoms. The molecule has 2 atom stereocenters. The maximum absolute atomic E-state index is 13.1. The Morgan fingerprint density at radius 2 is 1.42 bits per heavy atom. The average molecular weight is 440 g/mol. The normalized spacial score (nSPS) is 25.4. The van der Waals surface area contributed by atoms with Crippen molar-refractivity contribution in [3.05, 3.63) is 54.6 Å². The quantitative estimate of drug-likeness (QED) is 0.538. The third-order valence-electron chi connectivity index (χ3n) is 6.63. The lowest BCUT2D eigenvalue weighted by Crippen LogP contribution is -2.52. The van der Waals surface area contributed by atoms with Gasteiger partial charge in [0.15, 0.2) is 0 Å². The first-order valence-electron chi connectivity index (χ1n) is 10.7. The third-order valence-corrected chi connectivity index (χ3v) is 8.52. The fourth-order valence-corrected chi connectivity index (χ4v) is 6.25. The lowest BCUT2D eigenvalue weighted by molar-refractivity contribution is -0.142. The molecule has 1 aliphatic carbocycles. The van der Waals surface area contributed by atoms with Crippen molar-refractivity contribution in [2.45, 2.75) is 17.7 Å². The molecular formula is C23H25N3O4S. The van der Waals surface area contributed by atoms with Crippen LogP contribution in [0.3, 0.4) is 0 Å². The van der Waals surface area contributed by atoms with E-state index in [0.717, 1.165) is 10.8 Å². The van der Waals surface area contributed by atoms with E-state index in [2.05, 4.69) is 0 Å². The summed E-state index contributed by atoms with van der Waals surface area (Å²) in [6, 6.07) is 12.9. The van der Waals surface area contributed by atoms with Crippen molar-refractivity contribution in [3.8, 4) is 0 Å².